The van der Waals surface area contributed by atoms with Crippen molar-refractivity contribution in [1.82, 2.24) is 4.98 Å². The van der Waals surface area contributed by atoms with Gasteiger partial charge in [0.25, 0.3) is 0 Å². The van der Waals surface area contributed by atoms with Crippen molar-refractivity contribution < 1.29 is 4.39 Å². The van der Waals surface area contributed by atoms with Crippen LogP contribution < -0.4 is 5.73 Å². The van der Waals surface area contributed by atoms with Crippen LogP contribution in [-0.4, -0.2) is 4.98 Å². The lowest BCUT2D eigenvalue weighted by atomic mass is 9.94. The molecule has 0 aliphatic heterocycles. The Bertz CT molecular complexity index is 811. The number of aryl methyl sites for hydroxylation is 2. The van der Waals surface area contributed by atoms with Crippen LogP contribution in [0.25, 0.3) is 10.9 Å². The number of nitrogens with two attached hydrogens (primary N) is 1. The fourth-order valence-corrected chi connectivity index (χ4v) is 2.57. The Hall–Kier alpha value is -2.26. The van der Waals surface area contributed by atoms with Crippen molar-refractivity contribution in [3.8, 4) is 0 Å². The number of fused-ring (bicyclic) bond motifs is 1. The van der Waals surface area contributed by atoms with Crippen LogP contribution in [0.5, 0.6) is 0 Å². The van der Waals surface area contributed by atoms with Crippen LogP contribution in [-0.2, 0) is 0 Å². The number of pyridine rings is 1. The first-order valence-electron chi connectivity index (χ1n) is 6.93. The fourth-order valence-electron chi connectivity index (χ4n) is 2.57. The summed E-state index contributed by atoms with van der Waals surface area (Å²) in [6.07, 6.45) is 0. The standard InChI is InChI=1S/C18H17FN2/c1-11-3-7-15(19)10-16(11)18(20)14-6-8-17-13(9-14)5-4-12(2)21-17/h3-10,18H,20H2,1-2H3. The van der Waals surface area contributed by atoms with Crippen molar-refractivity contribution in [1.29, 1.82) is 0 Å². The molecule has 0 fully saturated rings. The highest BCUT2D eigenvalue weighted by molar-refractivity contribution is 5.79. The van der Waals surface area contributed by atoms with Crippen LogP contribution in [0.1, 0.15) is 28.4 Å². The number of aromatic nitrogens is 1. The van der Waals surface area contributed by atoms with E-state index in [1.54, 1.807) is 6.07 Å². The average Bonchev–Trinajstić information content (AvgIpc) is 2.48. The molecule has 2 nitrogen and oxygen atoms in total. The van der Waals surface area contributed by atoms with E-state index in [1.165, 1.54) is 12.1 Å². The highest BCUT2D eigenvalue weighted by atomic mass is 19.1. The van der Waals surface area contributed by atoms with Crippen molar-refractivity contribution in [3.05, 3.63) is 76.7 Å². The predicted octanol–water partition coefficient (Wildman–Crippen LogP) is 4.04. The molecule has 0 aliphatic carbocycles. The number of halogens is 1. The molecule has 0 radical (unpaired) electrons. The Kier molecular flexibility index (Phi) is 3.43. The van der Waals surface area contributed by atoms with Crippen molar-refractivity contribution in [2.24, 2.45) is 5.73 Å². The summed E-state index contributed by atoms with van der Waals surface area (Å²) in [6, 6.07) is 14.4. The second kappa shape index (κ2) is 5.26. The molecule has 2 N–H and O–H groups in total. The normalized spacial score (nSPS) is 12.6. The zero-order valence-electron chi connectivity index (χ0n) is 12.1. The Balaban J connectivity index is 2.07. The monoisotopic (exact) mass is 280 g/mol. The molecule has 3 aromatic rings. The minimum absolute atomic E-state index is 0.260. The first-order chi connectivity index (χ1) is 10.0. The van der Waals surface area contributed by atoms with Crippen LogP contribution in [0, 0.1) is 19.7 Å². The lowest BCUT2D eigenvalue weighted by Crippen LogP contribution is -2.13. The molecule has 1 unspecified atom stereocenters. The second-order valence-electron chi connectivity index (χ2n) is 5.38. The Morgan fingerprint density at radius 2 is 1.81 bits per heavy atom. The van der Waals surface area contributed by atoms with E-state index in [-0.39, 0.29) is 11.9 Å². The summed E-state index contributed by atoms with van der Waals surface area (Å²) in [5.41, 5.74) is 11.0. The molecule has 21 heavy (non-hydrogen) atoms. The maximum atomic E-state index is 13.5. The number of benzene rings is 2. The largest absolute Gasteiger partial charge is 0.320 e. The molecule has 106 valence electrons. The van der Waals surface area contributed by atoms with Gasteiger partial charge in [-0.1, -0.05) is 18.2 Å². The molecule has 3 heteroatoms. The van der Waals surface area contributed by atoms with E-state index in [2.05, 4.69) is 4.98 Å². The summed E-state index contributed by atoms with van der Waals surface area (Å²) in [7, 11) is 0. The molecule has 0 aliphatic rings. The van der Waals surface area contributed by atoms with E-state index in [0.717, 1.165) is 33.3 Å². The average molecular weight is 280 g/mol. The van der Waals surface area contributed by atoms with Gasteiger partial charge in [0.05, 0.1) is 11.6 Å². The van der Waals surface area contributed by atoms with Crippen molar-refractivity contribution in [2.45, 2.75) is 19.9 Å². The van der Waals surface area contributed by atoms with Crippen LogP contribution in [0.3, 0.4) is 0 Å². The number of hydrogen-bond donors (Lipinski definition) is 1. The molecule has 1 aromatic heterocycles. The van der Waals surface area contributed by atoms with Gasteiger partial charge in [-0.15, -0.1) is 0 Å². The van der Waals surface area contributed by atoms with E-state index in [1.807, 2.05) is 44.2 Å². The van der Waals surface area contributed by atoms with Gasteiger partial charge >= 0.3 is 0 Å². The Labute approximate surface area is 123 Å². The van der Waals surface area contributed by atoms with Gasteiger partial charge in [-0.05, 0) is 60.9 Å². The predicted molar refractivity (Wildman–Crippen MR) is 83.6 cm³/mol. The van der Waals surface area contributed by atoms with Gasteiger partial charge < -0.3 is 5.73 Å². The molecule has 2 aromatic carbocycles. The molecule has 0 bridgehead atoms. The van der Waals surface area contributed by atoms with Crippen LogP contribution in [0.15, 0.2) is 48.5 Å². The SMILES string of the molecule is Cc1ccc2cc(C(N)c3cc(F)ccc3C)ccc2n1. The highest BCUT2D eigenvalue weighted by Crippen LogP contribution is 2.26. The summed E-state index contributed by atoms with van der Waals surface area (Å²) < 4.78 is 13.5. The lowest BCUT2D eigenvalue weighted by molar-refractivity contribution is 0.622. The molecule has 1 atom stereocenters. The highest BCUT2D eigenvalue weighted by Gasteiger charge is 2.13. The van der Waals surface area contributed by atoms with Gasteiger partial charge in [0.2, 0.25) is 0 Å². The third-order valence-electron chi connectivity index (χ3n) is 3.79. The third kappa shape index (κ3) is 2.65. The van der Waals surface area contributed by atoms with Gasteiger partial charge in [-0.3, -0.25) is 4.98 Å². The molecule has 0 saturated heterocycles. The van der Waals surface area contributed by atoms with E-state index in [0.29, 0.717) is 0 Å². The fraction of sp³-hybridized carbons (Fsp3) is 0.167. The summed E-state index contributed by atoms with van der Waals surface area (Å²) >= 11 is 0. The number of rotatable bonds is 2. The second-order valence-corrected chi connectivity index (χ2v) is 5.38. The molecular formula is C18H17FN2. The quantitative estimate of drug-likeness (QED) is 0.769. The zero-order valence-corrected chi connectivity index (χ0v) is 12.1. The van der Waals surface area contributed by atoms with Crippen LogP contribution in [0.2, 0.25) is 0 Å². The van der Waals surface area contributed by atoms with Crippen molar-refractivity contribution >= 4 is 10.9 Å². The maximum absolute atomic E-state index is 13.5. The molecule has 3 rings (SSSR count). The summed E-state index contributed by atoms with van der Waals surface area (Å²) in [5.74, 6) is -0.260. The first kappa shape index (κ1) is 13.7. The number of nitrogens with zero attached hydrogens (tertiary/aromatic N) is 1. The van der Waals surface area contributed by atoms with Gasteiger partial charge in [0.1, 0.15) is 5.82 Å². The van der Waals surface area contributed by atoms with Crippen molar-refractivity contribution in [3.63, 3.8) is 0 Å². The molecule has 0 spiro atoms. The van der Waals surface area contributed by atoms with Gasteiger partial charge in [0, 0.05) is 11.1 Å². The maximum Gasteiger partial charge on any atom is 0.123 e. The van der Waals surface area contributed by atoms with Crippen molar-refractivity contribution in [2.75, 3.05) is 0 Å². The molecular weight excluding hydrogens is 263 g/mol. The van der Waals surface area contributed by atoms with E-state index < -0.39 is 0 Å². The van der Waals surface area contributed by atoms with E-state index in [4.69, 9.17) is 5.73 Å². The van der Waals surface area contributed by atoms with Gasteiger partial charge in [0.15, 0.2) is 0 Å². The molecule has 1 heterocycles. The van der Waals surface area contributed by atoms with Gasteiger partial charge in [-0.25, -0.2) is 4.39 Å². The smallest absolute Gasteiger partial charge is 0.123 e. The minimum atomic E-state index is -0.341. The summed E-state index contributed by atoms with van der Waals surface area (Å²) in [4.78, 5) is 4.48. The van der Waals surface area contributed by atoms with E-state index in [9.17, 15) is 4.39 Å². The molecule has 0 saturated carbocycles. The first-order valence-corrected chi connectivity index (χ1v) is 6.93. The summed E-state index contributed by atoms with van der Waals surface area (Å²) in [6.45, 7) is 3.91. The van der Waals surface area contributed by atoms with E-state index >= 15 is 0 Å². The topological polar surface area (TPSA) is 38.9 Å². The van der Waals surface area contributed by atoms with Gasteiger partial charge in [-0.2, -0.15) is 0 Å². The Morgan fingerprint density at radius 1 is 1.00 bits per heavy atom. The van der Waals surface area contributed by atoms with Crippen LogP contribution >= 0.6 is 0 Å². The van der Waals surface area contributed by atoms with Crippen LogP contribution in [0.4, 0.5) is 4.39 Å². The lowest BCUT2D eigenvalue weighted by Gasteiger charge is -2.16. The summed E-state index contributed by atoms with van der Waals surface area (Å²) in [5, 5.41) is 1.04. The minimum Gasteiger partial charge on any atom is -0.320 e. The Morgan fingerprint density at radius 3 is 2.62 bits per heavy atom. The molecule has 0 amide bonds. The third-order valence-corrected chi connectivity index (χ3v) is 3.79. The zero-order chi connectivity index (χ0) is 15.0. The number of hydrogen-bond acceptors (Lipinski definition) is 2.